The predicted molar refractivity (Wildman–Crippen MR) is 129 cm³/mol. The normalized spacial score (nSPS) is 12.6. The van der Waals surface area contributed by atoms with E-state index in [0.717, 1.165) is 21.8 Å². The summed E-state index contributed by atoms with van der Waals surface area (Å²) >= 11 is 0. The smallest absolute Gasteiger partial charge is 0.264 e. The van der Waals surface area contributed by atoms with Crippen LogP contribution in [0, 0.1) is 5.82 Å². The van der Waals surface area contributed by atoms with Crippen molar-refractivity contribution in [2.75, 3.05) is 0 Å². The van der Waals surface area contributed by atoms with Crippen LogP contribution in [0.2, 0.25) is 0 Å². The molecule has 8 heteroatoms. The van der Waals surface area contributed by atoms with E-state index < -0.39 is 6.10 Å². The van der Waals surface area contributed by atoms with Crippen molar-refractivity contribution < 1.29 is 9.50 Å². The molecule has 0 aliphatic rings. The Bertz CT molecular complexity index is 1660. The number of aliphatic hydroxyl groups excluding tert-OH is 1. The summed E-state index contributed by atoms with van der Waals surface area (Å²) in [6, 6.07) is 22.0. The second-order valence-electron chi connectivity index (χ2n) is 8.27. The Morgan fingerprint density at radius 1 is 0.853 bits per heavy atom. The van der Waals surface area contributed by atoms with Crippen molar-refractivity contribution in [1.29, 1.82) is 0 Å². The molecule has 0 aliphatic carbocycles. The lowest BCUT2D eigenvalue weighted by atomic mass is 10.2. The summed E-state index contributed by atoms with van der Waals surface area (Å²) in [4.78, 5) is 17.5. The maximum atomic E-state index is 13.3. The van der Waals surface area contributed by atoms with Gasteiger partial charge in [0.2, 0.25) is 0 Å². The molecular formula is C26H20FN5O2. The van der Waals surface area contributed by atoms with Crippen molar-refractivity contribution in [2.24, 2.45) is 0 Å². The average molecular weight is 453 g/mol. The molecule has 1 N–H and O–H groups in total. The minimum Gasteiger partial charge on any atom is -0.389 e. The van der Waals surface area contributed by atoms with E-state index in [4.69, 9.17) is 0 Å². The highest BCUT2D eigenvalue weighted by molar-refractivity contribution is 6.07. The van der Waals surface area contributed by atoms with E-state index in [0.29, 0.717) is 23.3 Å². The molecule has 0 bridgehead atoms. The van der Waals surface area contributed by atoms with Gasteiger partial charge < -0.3 is 9.67 Å². The highest BCUT2D eigenvalue weighted by Crippen LogP contribution is 2.29. The highest BCUT2D eigenvalue weighted by atomic mass is 19.1. The maximum absolute atomic E-state index is 13.3. The number of benzene rings is 3. The topological polar surface area (TPSA) is 77.9 Å². The van der Waals surface area contributed by atoms with Gasteiger partial charge in [0.05, 0.1) is 31.1 Å². The van der Waals surface area contributed by atoms with Crippen LogP contribution < -0.4 is 5.56 Å². The zero-order chi connectivity index (χ0) is 23.2. The van der Waals surface area contributed by atoms with Crippen molar-refractivity contribution in [3.8, 4) is 5.69 Å². The lowest BCUT2D eigenvalue weighted by Gasteiger charge is -2.15. The van der Waals surface area contributed by atoms with Crippen LogP contribution in [0.15, 0.2) is 90.1 Å². The molecule has 34 heavy (non-hydrogen) atoms. The van der Waals surface area contributed by atoms with Crippen LogP contribution in [0.3, 0.4) is 0 Å². The molecule has 0 fully saturated rings. The van der Waals surface area contributed by atoms with E-state index in [1.807, 2.05) is 36.4 Å². The van der Waals surface area contributed by atoms with Crippen LogP contribution in [0.1, 0.15) is 0 Å². The molecule has 0 spiro atoms. The fourth-order valence-corrected chi connectivity index (χ4v) is 4.55. The van der Waals surface area contributed by atoms with Gasteiger partial charge in [0.15, 0.2) is 5.65 Å². The van der Waals surface area contributed by atoms with Gasteiger partial charge in [-0.25, -0.2) is 14.1 Å². The summed E-state index contributed by atoms with van der Waals surface area (Å²) in [5, 5.41) is 17.8. The summed E-state index contributed by atoms with van der Waals surface area (Å²) in [5.74, 6) is -0.354. The minimum atomic E-state index is -0.816. The molecule has 168 valence electrons. The van der Waals surface area contributed by atoms with Gasteiger partial charge in [0, 0.05) is 21.8 Å². The number of aliphatic hydroxyl groups is 1. The van der Waals surface area contributed by atoms with Crippen molar-refractivity contribution in [2.45, 2.75) is 19.2 Å². The number of nitrogens with zero attached hydrogens (tertiary/aromatic N) is 5. The Hall–Kier alpha value is -4.30. The minimum absolute atomic E-state index is 0.0876. The summed E-state index contributed by atoms with van der Waals surface area (Å²) in [6.07, 6.45) is 2.05. The Labute approximate surface area is 192 Å². The van der Waals surface area contributed by atoms with Gasteiger partial charge in [0.1, 0.15) is 17.5 Å². The van der Waals surface area contributed by atoms with E-state index >= 15 is 0 Å². The van der Waals surface area contributed by atoms with Crippen LogP contribution in [-0.4, -0.2) is 35.1 Å². The van der Waals surface area contributed by atoms with Crippen molar-refractivity contribution in [3.63, 3.8) is 0 Å². The molecule has 6 rings (SSSR count). The molecule has 3 aromatic heterocycles. The number of halogens is 1. The second-order valence-corrected chi connectivity index (χ2v) is 8.27. The van der Waals surface area contributed by atoms with Gasteiger partial charge in [-0.05, 0) is 36.4 Å². The quantitative estimate of drug-likeness (QED) is 0.430. The number of hydrogen-bond donors (Lipinski definition) is 1. The average Bonchev–Trinajstić information content (AvgIpc) is 3.42. The Morgan fingerprint density at radius 3 is 2.18 bits per heavy atom. The van der Waals surface area contributed by atoms with Crippen LogP contribution in [0.5, 0.6) is 0 Å². The number of hydrogen-bond acceptors (Lipinski definition) is 4. The first-order chi connectivity index (χ1) is 16.6. The van der Waals surface area contributed by atoms with Gasteiger partial charge in [-0.2, -0.15) is 5.10 Å². The molecule has 0 aliphatic heterocycles. The summed E-state index contributed by atoms with van der Waals surface area (Å²) in [7, 11) is 0. The van der Waals surface area contributed by atoms with E-state index in [-0.39, 0.29) is 17.9 Å². The third kappa shape index (κ3) is 3.27. The largest absolute Gasteiger partial charge is 0.389 e. The molecule has 7 nitrogen and oxygen atoms in total. The molecule has 3 heterocycles. The Kier molecular flexibility index (Phi) is 4.74. The molecule has 1 atom stereocenters. The molecule has 0 saturated heterocycles. The van der Waals surface area contributed by atoms with Gasteiger partial charge in [-0.3, -0.25) is 9.36 Å². The fraction of sp³-hybridized carbons (Fsp3) is 0.115. The lowest BCUT2D eigenvalue weighted by molar-refractivity contribution is 0.135. The van der Waals surface area contributed by atoms with Gasteiger partial charge in [-0.1, -0.05) is 36.4 Å². The first-order valence-electron chi connectivity index (χ1n) is 10.9. The van der Waals surface area contributed by atoms with Gasteiger partial charge in [-0.15, -0.1) is 0 Å². The zero-order valence-electron chi connectivity index (χ0n) is 18.0. The van der Waals surface area contributed by atoms with Crippen LogP contribution in [-0.2, 0) is 13.1 Å². The molecule has 0 amide bonds. The van der Waals surface area contributed by atoms with Crippen molar-refractivity contribution >= 4 is 32.8 Å². The van der Waals surface area contributed by atoms with Crippen LogP contribution in [0.4, 0.5) is 4.39 Å². The van der Waals surface area contributed by atoms with Gasteiger partial charge >= 0.3 is 0 Å². The SMILES string of the molecule is O=c1c2cnn(-c3ccc(F)cc3)c2ncn1C[C@H](O)Cn1c2ccccc2c2ccccc21. The molecule has 0 radical (unpaired) electrons. The summed E-state index contributed by atoms with van der Waals surface area (Å²) < 4.78 is 18.2. The second kappa shape index (κ2) is 7.93. The van der Waals surface area contributed by atoms with E-state index in [9.17, 15) is 14.3 Å². The highest BCUT2D eigenvalue weighted by Gasteiger charge is 2.16. The first-order valence-corrected chi connectivity index (χ1v) is 10.9. The Balaban J connectivity index is 1.32. The van der Waals surface area contributed by atoms with Crippen LogP contribution >= 0.6 is 0 Å². The molecule has 6 aromatic rings. The molecule has 3 aromatic carbocycles. The third-order valence-electron chi connectivity index (χ3n) is 6.11. The first kappa shape index (κ1) is 20.3. The molecular weight excluding hydrogens is 433 g/mol. The summed E-state index contributed by atoms with van der Waals surface area (Å²) in [5.41, 5.74) is 2.75. The van der Waals surface area contributed by atoms with Gasteiger partial charge in [0.25, 0.3) is 5.56 Å². The Morgan fingerprint density at radius 2 is 1.50 bits per heavy atom. The van der Waals surface area contributed by atoms with Crippen molar-refractivity contribution in [3.05, 3.63) is 101 Å². The van der Waals surface area contributed by atoms with E-state index in [2.05, 4.69) is 26.8 Å². The number of rotatable bonds is 5. The number of fused-ring (bicyclic) bond motifs is 4. The fourth-order valence-electron chi connectivity index (χ4n) is 4.55. The third-order valence-corrected chi connectivity index (χ3v) is 6.11. The predicted octanol–water partition coefficient (Wildman–Crippen LogP) is 3.89. The van der Waals surface area contributed by atoms with Crippen molar-refractivity contribution in [1.82, 2.24) is 23.9 Å². The standard InChI is InChI=1S/C26H20FN5O2/c27-17-9-11-18(12-10-17)32-25-22(13-29-32)26(34)30(16-28-25)14-19(33)15-31-23-7-3-1-5-20(23)21-6-2-4-8-24(21)31/h1-13,16,19,33H,14-15H2/t19-/m0/s1. The van der Waals surface area contributed by atoms with E-state index in [1.54, 1.807) is 12.1 Å². The zero-order valence-corrected chi connectivity index (χ0v) is 18.0. The molecule has 0 saturated carbocycles. The maximum Gasteiger partial charge on any atom is 0.264 e. The number of aromatic nitrogens is 5. The molecule has 0 unspecified atom stereocenters. The van der Waals surface area contributed by atoms with Crippen LogP contribution in [0.25, 0.3) is 38.5 Å². The summed E-state index contributed by atoms with van der Waals surface area (Å²) in [6.45, 7) is 0.414. The van der Waals surface area contributed by atoms with E-state index in [1.165, 1.54) is 33.9 Å². The monoisotopic (exact) mass is 453 g/mol. The number of para-hydroxylation sites is 2. The lowest BCUT2D eigenvalue weighted by Crippen LogP contribution is -2.29.